The summed E-state index contributed by atoms with van der Waals surface area (Å²) in [4.78, 5) is 0. The van der Waals surface area contributed by atoms with Crippen LogP contribution in [0, 0.1) is 5.82 Å². The summed E-state index contributed by atoms with van der Waals surface area (Å²) in [5, 5.41) is 0. The first kappa shape index (κ1) is 11.5. The molecule has 2 N–H and O–H groups in total. The van der Waals surface area contributed by atoms with E-state index in [0.29, 0.717) is 25.2 Å². The molecule has 0 spiro atoms. The lowest BCUT2D eigenvalue weighted by Crippen LogP contribution is -2.38. The van der Waals surface area contributed by atoms with E-state index in [-0.39, 0.29) is 11.9 Å². The highest BCUT2D eigenvalue weighted by Crippen LogP contribution is 2.32. The van der Waals surface area contributed by atoms with Crippen LogP contribution in [0.15, 0.2) is 24.3 Å². The van der Waals surface area contributed by atoms with Crippen LogP contribution >= 0.6 is 0 Å². The normalized spacial score (nSPS) is 29.6. The summed E-state index contributed by atoms with van der Waals surface area (Å²) in [7, 11) is 1.61. The van der Waals surface area contributed by atoms with Crippen molar-refractivity contribution in [1.29, 1.82) is 0 Å². The lowest BCUT2D eigenvalue weighted by molar-refractivity contribution is 0.0362. The van der Waals surface area contributed by atoms with Gasteiger partial charge in [-0.1, -0.05) is 18.2 Å². The minimum Gasteiger partial charge on any atom is -0.382 e. The Hall–Kier alpha value is -0.970. The van der Waals surface area contributed by atoms with Gasteiger partial charge in [0.15, 0.2) is 0 Å². The second-order valence-electron chi connectivity index (χ2n) is 4.23. The molecule has 1 heterocycles. The van der Waals surface area contributed by atoms with Crippen molar-refractivity contribution in [3.05, 3.63) is 35.6 Å². The van der Waals surface area contributed by atoms with Crippen molar-refractivity contribution in [3.8, 4) is 0 Å². The number of methoxy groups -OCH3 is 1. The van der Waals surface area contributed by atoms with E-state index in [9.17, 15) is 4.39 Å². The highest BCUT2D eigenvalue weighted by molar-refractivity contribution is 5.27. The van der Waals surface area contributed by atoms with Gasteiger partial charge in [0.05, 0.1) is 24.9 Å². The minimum absolute atomic E-state index is 0.0467. The number of benzene rings is 1. The Morgan fingerprint density at radius 1 is 1.56 bits per heavy atom. The fourth-order valence-electron chi connectivity index (χ4n) is 2.14. The maximum atomic E-state index is 13.6. The molecule has 1 fully saturated rings. The predicted molar refractivity (Wildman–Crippen MR) is 58.5 cm³/mol. The average molecular weight is 225 g/mol. The first-order valence-electron chi connectivity index (χ1n) is 5.30. The summed E-state index contributed by atoms with van der Waals surface area (Å²) < 4.78 is 24.1. The van der Waals surface area contributed by atoms with Gasteiger partial charge in [-0.3, -0.25) is 0 Å². The van der Waals surface area contributed by atoms with Gasteiger partial charge in [0.1, 0.15) is 5.82 Å². The van der Waals surface area contributed by atoms with E-state index < -0.39 is 5.54 Å². The lowest BCUT2D eigenvalue weighted by atomic mass is 9.88. The number of halogens is 1. The van der Waals surface area contributed by atoms with Crippen molar-refractivity contribution < 1.29 is 13.9 Å². The molecule has 0 aliphatic carbocycles. The van der Waals surface area contributed by atoms with Crippen LogP contribution in [-0.2, 0) is 15.0 Å². The van der Waals surface area contributed by atoms with Crippen LogP contribution < -0.4 is 5.73 Å². The maximum Gasteiger partial charge on any atom is 0.128 e. The quantitative estimate of drug-likeness (QED) is 0.846. The molecule has 0 bridgehead atoms. The van der Waals surface area contributed by atoms with Gasteiger partial charge in [-0.25, -0.2) is 4.39 Å². The molecular weight excluding hydrogens is 209 g/mol. The molecule has 2 atom stereocenters. The van der Waals surface area contributed by atoms with Crippen molar-refractivity contribution in [2.75, 3.05) is 20.3 Å². The Kier molecular flexibility index (Phi) is 3.23. The highest BCUT2D eigenvalue weighted by atomic mass is 19.1. The zero-order valence-electron chi connectivity index (χ0n) is 9.28. The van der Waals surface area contributed by atoms with Crippen molar-refractivity contribution >= 4 is 0 Å². The van der Waals surface area contributed by atoms with Gasteiger partial charge in [0.25, 0.3) is 0 Å². The summed E-state index contributed by atoms with van der Waals surface area (Å²) in [5.74, 6) is -0.272. The minimum atomic E-state index is -0.728. The van der Waals surface area contributed by atoms with Crippen LogP contribution in [-0.4, -0.2) is 26.4 Å². The second-order valence-corrected chi connectivity index (χ2v) is 4.23. The molecule has 0 saturated carbocycles. The van der Waals surface area contributed by atoms with E-state index in [1.54, 1.807) is 25.3 Å². The van der Waals surface area contributed by atoms with Gasteiger partial charge in [0, 0.05) is 19.1 Å². The Labute approximate surface area is 94.3 Å². The zero-order valence-corrected chi connectivity index (χ0v) is 9.28. The van der Waals surface area contributed by atoms with Gasteiger partial charge < -0.3 is 15.2 Å². The maximum absolute atomic E-state index is 13.6. The molecule has 1 aliphatic heterocycles. The first-order valence-corrected chi connectivity index (χ1v) is 5.30. The van der Waals surface area contributed by atoms with Crippen LogP contribution in [0.1, 0.15) is 12.0 Å². The Bertz CT molecular complexity index is 372. The summed E-state index contributed by atoms with van der Waals surface area (Å²) in [5.41, 5.74) is 5.98. The molecular formula is C12H16FNO2. The van der Waals surface area contributed by atoms with Crippen molar-refractivity contribution in [1.82, 2.24) is 0 Å². The SMILES string of the molecule is COCC1CC(N)(c2ccccc2F)CO1. The van der Waals surface area contributed by atoms with Crippen LogP contribution in [0.25, 0.3) is 0 Å². The lowest BCUT2D eigenvalue weighted by Gasteiger charge is -2.23. The first-order chi connectivity index (χ1) is 7.65. The Balaban J connectivity index is 2.18. The predicted octanol–water partition coefficient (Wildman–Crippen LogP) is 1.41. The second kappa shape index (κ2) is 4.49. The highest BCUT2D eigenvalue weighted by Gasteiger charge is 2.39. The Morgan fingerprint density at radius 3 is 3.00 bits per heavy atom. The smallest absolute Gasteiger partial charge is 0.128 e. The van der Waals surface area contributed by atoms with E-state index in [4.69, 9.17) is 15.2 Å². The molecule has 0 aromatic heterocycles. The van der Waals surface area contributed by atoms with Gasteiger partial charge in [-0.2, -0.15) is 0 Å². The summed E-state index contributed by atoms with van der Waals surface area (Å²) >= 11 is 0. The van der Waals surface area contributed by atoms with Crippen LogP contribution in [0.4, 0.5) is 4.39 Å². The van der Waals surface area contributed by atoms with E-state index in [1.807, 2.05) is 0 Å². The molecule has 2 rings (SSSR count). The number of rotatable bonds is 3. The molecule has 2 unspecified atom stereocenters. The largest absolute Gasteiger partial charge is 0.382 e. The molecule has 0 radical (unpaired) electrons. The van der Waals surface area contributed by atoms with Crippen LogP contribution in [0.3, 0.4) is 0 Å². The van der Waals surface area contributed by atoms with E-state index >= 15 is 0 Å². The van der Waals surface area contributed by atoms with Crippen molar-refractivity contribution in [2.24, 2.45) is 5.73 Å². The standard InChI is InChI=1S/C12H16FNO2/c1-15-7-9-6-12(14,8-16-9)10-4-2-3-5-11(10)13/h2-5,9H,6-8,14H2,1H3. The third-order valence-electron chi connectivity index (χ3n) is 2.93. The average Bonchev–Trinajstić information content (AvgIpc) is 2.62. The van der Waals surface area contributed by atoms with E-state index in [1.165, 1.54) is 6.07 Å². The third kappa shape index (κ3) is 2.09. The van der Waals surface area contributed by atoms with Crippen molar-refractivity contribution in [2.45, 2.75) is 18.1 Å². The molecule has 16 heavy (non-hydrogen) atoms. The Morgan fingerprint density at radius 2 is 2.31 bits per heavy atom. The molecule has 4 heteroatoms. The van der Waals surface area contributed by atoms with Gasteiger partial charge >= 0.3 is 0 Å². The zero-order chi connectivity index (χ0) is 11.6. The molecule has 1 aromatic carbocycles. The summed E-state index contributed by atoms with van der Waals surface area (Å²) in [6.07, 6.45) is 0.538. The van der Waals surface area contributed by atoms with Crippen molar-refractivity contribution in [3.63, 3.8) is 0 Å². The summed E-state index contributed by atoms with van der Waals surface area (Å²) in [6.45, 7) is 0.829. The van der Waals surface area contributed by atoms with Crippen LogP contribution in [0.2, 0.25) is 0 Å². The number of nitrogens with two attached hydrogens (primary N) is 1. The van der Waals surface area contributed by atoms with E-state index in [2.05, 4.69) is 0 Å². The molecule has 88 valence electrons. The third-order valence-corrected chi connectivity index (χ3v) is 2.93. The number of hydrogen-bond donors (Lipinski definition) is 1. The fourth-order valence-corrected chi connectivity index (χ4v) is 2.14. The monoisotopic (exact) mass is 225 g/mol. The molecule has 1 aromatic rings. The molecule has 3 nitrogen and oxygen atoms in total. The summed E-state index contributed by atoms with van der Waals surface area (Å²) in [6, 6.07) is 6.59. The topological polar surface area (TPSA) is 44.5 Å². The molecule has 0 amide bonds. The van der Waals surface area contributed by atoms with Gasteiger partial charge in [-0.05, 0) is 6.07 Å². The molecule has 1 saturated heterocycles. The number of ether oxygens (including phenoxy) is 2. The van der Waals surface area contributed by atoms with E-state index in [0.717, 1.165) is 0 Å². The van der Waals surface area contributed by atoms with Gasteiger partial charge in [-0.15, -0.1) is 0 Å². The van der Waals surface area contributed by atoms with Crippen LogP contribution in [0.5, 0.6) is 0 Å². The van der Waals surface area contributed by atoms with Gasteiger partial charge in [0.2, 0.25) is 0 Å². The fraction of sp³-hybridized carbons (Fsp3) is 0.500. The number of hydrogen-bond acceptors (Lipinski definition) is 3. The molecule has 1 aliphatic rings.